The summed E-state index contributed by atoms with van der Waals surface area (Å²) < 4.78 is 10.3. The van der Waals surface area contributed by atoms with Crippen LogP contribution < -0.4 is 9.47 Å². The van der Waals surface area contributed by atoms with Crippen LogP contribution in [0.2, 0.25) is 0 Å². The van der Waals surface area contributed by atoms with Gasteiger partial charge in [-0.25, -0.2) is 0 Å². The van der Waals surface area contributed by atoms with Gasteiger partial charge in [-0.1, -0.05) is 0 Å². The van der Waals surface area contributed by atoms with E-state index < -0.39 is 0 Å². The maximum atomic E-state index is 5.15. The molecule has 0 aliphatic heterocycles. The molecule has 0 heterocycles. The average Bonchev–Trinajstić information content (AvgIpc) is 2.08. The molecule has 1 rings (SSSR count). The summed E-state index contributed by atoms with van der Waals surface area (Å²) in [6.07, 6.45) is 0. The molecule has 65 valence electrons. The first-order valence-electron chi connectivity index (χ1n) is 3.73. The van der Waals surface area contributed by atoms with Crippen LogP contribution >= 0.6 is 0 Å². The molecule has 0 fully saturated rings. The predicted octanol–water partition coefficient (Wildman–Crippen LogP) is 2.19. The first-order chi connectivity index (χ1) is 5.69. The van der Waals surface area contributed by atoms with E-state index in [2.05, 4.69) is 6.92 Å². The standard InChI is InChI=1S/C10H13O2/c1-7-5-9(11-3)8(2)10(6-7)12-4/h5-6H,1H2,2-4H3. The summed E-state index contributed by atoms with van der Waals surface area (Å²) in [4.78, 5) is 0. The van der Waals surface area contributed by atoms with Gasteiger partial charge in [-0.15, -0.1) is 0 Å². The van der Waals surface area contributed by atoms with Gasteiger partial charge >= 0.3 is 0 Å². The first kappa shape index (κ1) is 8.91. The average molecular weight is 165 g/mol. The van der Waals surface area contributed by atoms with Crippen LogP contribution in [0.1, 0.15) is 11.1 Å². The Morgan fingerprint density at radius 2 is 1.50 bits per heavy atom. The topological polar surface area (TPSA) is 18.5 Å². The van der Waals surface area contributed by atoms with Crippen molar-refractivity contribution < 1.29 is 9.47 Å². The van der Waals surface area contributed by atoms with E-state index in [9.17, 15) is 0 Å². The van der Waals surface area contributed by atoms with Gasteiger partial charge in [-0.2, -0.15) is 0 Å². The zero-order chi connectivity index (χ0) is 9.14. The molecule has 2 nitrogen and oxygen atoms in total. The molecule has 0 spiro atoms. The molecule has 0 aliphatic rings. The second-order valence-electron chi connectivity index (χ2n) is 2.63. The van der Waals surface area contributed by atoms with E-state index >= 15 is 0 Å². The van der Waals surface area contributed by atoms with Crippen molar-refractivity contribution in [2.75, 3.05) is 14.2 Å². The molecule has 2 heteroatoms. The molecule has 1 aromatic carbocycles. The Bertz CT molecular complexity index is 254. The minimum absolute atomic E-state index is 0.819. The highest BCUT2D eigenvalue weighted by Crippen LogP contribution is 2.28. The Morgan fingerprint density at radius 3 is 1.83 bits per heavy atom. The van der Waals surface area contributed by atoms with Crippen LogP contribution in [-0.2, 0) is 0 Å². The lowest BCUT2D eigenvalue weighted by Crippen LogP contribution is -1.93. The van der Waals surface area contributed by atoms with E-state index in [1.165, 1.54) is 0 Å². The molecule has 0 aromatic heterocycles. The van der Waals surface area contributed by atoms with Gasteiger partial charge in [0.05, 0.1) is 14.2 Å². The van der Waals surface area contributed by atoms with Crippen LogP contribution in [-0.4, -0.2) is 14.2 Å². The fraction of sp³-hybridized carbons (Fsp3) is 0.300. The highest BCUT2D eigenvalue weighted by Gasteiger charge is 2.05. The summed E-state index contributed by atoms with van der Waals surface area (Å²) in [5.74, 6) is 1.64. The third-order valence-corrected chi connectivity index (χ3v) is 1.81. The summed E-state index contributed by atoms with van der Waals surface area (Å²) >= 11 is 0. The number of methoxy groups -OCH3 is 2. The lowest BCUT2D eigenvalue weighted by molar-refractivity contribution is 0.388. The van der Waals surface area contributed by atoms with Gasteiger partial charge in [0.1, 0.15) is 11.5 Å². The molecule has 0 N–H and O–H groups in total. The van der Waals surface area contributed by atoms with Gasteiger partial charge in [-0.3, -0.25) is 0 Å². The van der Waals surface area contributed by atoms with Crippen molar-refractivity contribution >= 4 is 0 Å². The Morgan fingerprint density at radius 1 is 1.08 bits per heavy atom. The fourth-order valence-electron chi connectivity index (χ4n) is 1.14. The van der Waals surface area contributed by atoms with Crippen molar-refractivity contribution in [2.24, 2.45) is 0 Å². The highest BCUT2D eigenvalue weighted by molar-refractivity contribution is 5.47. The van der Waals surface area contributed by atoms with Gasteiger partial charge in [0.2, 0.25) is 0 Å². The maximum Gasteiger partial charge on any atom is 0.125 e. The Hall–Kier alpha value is -1.18. The molecule has 0 saturated carbocycles. The second kappa shape index (κ2) is 3.48. The molecule has 0 unspecified atom stereocenters. The van der Waals surface area contributed by atoms with Gasteiger partial charge in [-0.05, 0) is 31.5 Å². The van der Waals surface area contributed by atoms with E-state index in [0.29, 0.717) is 0 Å². The van der Waals surface area contributed by atoms with Crippen LogP contribution in [0.4, 0.5) is 0 Å². The number of benzene rings is 1. The summed E-state index contributed by atoms with van der Waals surface area (Å²) in [7, 11) is 3.28. The van der Waals surface area contributed by atoms with Gasteiger partial charge in [0.25, 0.3) is 0 Å². The molecule has 1 aromatic rings. The minimum Gasteiger partial charge on any atom is -0.496 e. The van der Waals surface area contributed by atoms with Crippen LogP contribution in [0.25, 0.3) is 0 Å². The fourth-order valence-corrected chi connectivity index (χ4v) is 1.14. The van der Waals surface area contributed by atoms with Crippen molar-refractivity contribution in [1.29, 1.82) is 0 Å². The largest absolute Gasteiger partial charge is 0.496 e. The molecule has 12 heavy (non-hydrogen) atoms. The zero-order valence-electron chi connectivity index (χ0n) is 7.68. The Labute approximate surface area is 73.1 Å². The predicted molar refractivity (Wildman–Crippen MR) is 48.7 cm³/mol. The maximum absolute atomic E-state index is 5.15. The minimum atomic E-state index is 0.819. The summed E-state index contributed by atoms with van der Waals surface area (Å²) in [5.41, 5.74) is 1.90. The van der Waals surface area contributed by atoms with E-state index in [-0.39, 0.29) is 0 Å². The molecule has 1 radical (unpaired) electrons. The van der Waals surface area contributed by atoms with E-state index in [1.807, 2.05) is 19.1 Å². The Balaban J connectivity index is 3.22. The molecular weight excluding hydrogens is 152 g/mol. The summed E-state index contributed by atoms with van der Waals surface area (Å²) in [6.45, 7) is 5.77. The third kappa shape index (κ3) is 1.52. The molecular formula is C10H13O2. The van der Waals surface area contributed by atoms with Crippen molar-refractivity contribution in [3.63, 3.8) is 0 Å². The van der Waals surface area contributed by atoms with Crippen molar-refractivity contribution in [3.8, 4) is 11.5 Å². The van der Waals surface area contributed by atoms with Crippen molar-refractivity contribution in [3.05, 3.63) is 30.2 Å². The molecule has 0 atom stereocenters. The van der Waals surface area contributed by atoms with Crippen molar-refractivity contribution in [1.82, 2.24) is 0 Å². The van der Waals surface area contributed by atoms with E-state index in [1.54, 1.807) is 14.2 Å². The molecule has 0 aliphatic carbocycles. The summed E-state index contributed by atoms with van der Waals surface area (Å²) in [5, 5.41) is 0. The normalized spacial score (nSPS) is 9.67. The lowest BCUT2D eigenvalue weighted by atomic mass is 10.1. The van der Waals surface area contributed by atoms with E-state index in [4.69, 9.17) is 9.47 Å². The smallest absolute Gasteiger partial charge is 0.125 e. The van der Waals surface area contributed by atoms with Gasteiger partial charge in [0.15, 0.2) is 0 Å². The SMILES string of the molecule is [CH2]c1cc(OC)c(C)c(OC)c1. The second-order valence-corrected chi connectivity index (χ2v) is 2.63. The van der Waals surface area contributed by atoms with Gasteiger partial charge in [0, 0.05) is 5.56 Å². The number of hydrogen-bond donors (Lipinski definition) is 0. The lowest BCUT2D eigenvalue weighted by Gasteiger charge is -2.10. The van der Waals surface area contributed by atoms with Crippen LogP contribution in [0, 0.1) is 13.8 Å². The first-order valence-corrected chi connectivity index (χ1v) is 3.73. The Kier molecular flexibility index (Phi) is 2.58. The van der Waals surface area contributed by atoms with Crippen LogP contribution in [0.15, 0.2) is 12.1 Å². The van der Waals surface area contributed by atoms with E-state index in [0.717, 1.165) is 22.6 Å². The zero-order valence-corrected chi connectivity index (χ0v) is 7.68. The number of hydrogen-bond acceptors (Lipinski definition) is 2. The number of ether oxygens (including phenoxy) is 2. The van der Waals surface area contributed by atoms with Crippen molar-refractivity contribution in [2.45, 2.75) is 6.92 Å². The molecule has 0 amide bonds. The molecule has 0 saturated heterocycles. The highest BCUT2D eigenvalue weighted by atomic mass is 16.5. The number of rotatable bonds is 2. The van der Waals surface area contributed by atoms with Gasteiger partial charge < -0.3 is 9.47 Å². The third-order valence-electron chi connectivity index (χ3n) is 1.81. The monoisotopic (exact) mass is 165 g/mol. The summed E-state index contributed by atoms with van der Waals surface area (Å²) in [6, 6.07) is 3.77. The van der Waals surface area contributed by atoms with Crippen LogP contribution in [0.5, 0.6) is 11.5 Å². The quantitative estimate of drug-likeness (QED) is 0.668. The molecule has 0 bridgehead atoms. The van der Waals surface area contributed by atoms with Crippen LogP contribution in [0.3, 0.4) is 0 Å².